The Morgan fingerprint density at radius 1 is 0.407 bits per heavy atom. The molecule has 4 aliphatic heterocycles. The third-order valence-electron chi connectivity index (χ3n) is 24.9. The number of carbonyl (C=O) groups is 1. The molecule has 1 amide bonds. The predicted octanol–water partition coefficient (Wildman–Crippen LogP) is 16.8. The van der Waals surface area contributed by atoms with E-state index in [-0.39, 0.29) is 35.1 Å². The van der Waals surface area contributed by atoms with E-state index in [4.69, 9.17) is 58.2 Å². The van der Waals surface area contributed by atoms with Crippen LogP contribution in [0.3, 0.4) is 0 Å². The molecule has 1 unspecified atom stereocenters. The zero-order valence-corrected chi connectivity index (χ0v) is 76.4. The number of phenolic OH excluding ortho intramolecular Hbond substituents is 2. The number of amides is 1. The lowest BCUT2D eigenvalue weighted by Gasteiger charge is -2.24. The van der Waals surface area contributed by atoms with Gasteiger partial charge in [0.2, 0.25) is 5.91 Å². The van der Waals surface area contributed by atoms with Gasteiger partial charge < -0.3 is 58.1 Å². The smallest absolute Gasteiger partial charge is 0.223 e. The number of carbonyl (C=O) groups excluding carboxylic acids is 1. The molecule has 4 fully saturated rings. The van der Waals surface area contributed by atoms with Gasteiger partial charge in [0.1, 0.15) is 116 Å². The Labute approximate surface area is 787 Å². The first kappa shape index (κ1) is 86.1. The van der Waals surface area contributed by atoms with Gasteiger partial charge >= 0.3 is 0 Å². The molecule has 0 saturated carbocycles. The van der Waals surface area contributed by atoms with E-state index >= 15 is 0 Å². The van der Waals surface area contributed by atoms with Crippen LogP contribution in [0.2, 0.25) is 0 Å². The van der Waals surface area contributed by atoms with Crippen molar-refractivity contribution in [3.8, 4) is 45.3 Å². The van der Waals surface area contributed by atoms with Crippen molar-refractivity contribution in [1.82, 2.24) is 104 Å². The molecular formula is C98H89F2IN30O3S. The number of nitrogens with one attached hydrogen (secondary N) is 1. The summed E-state index contributed by atoms with van der Waals surface area (Å²) >= 11 is 3.61. The topological polar surface area (TPSA) is 425 Å². The van der Waals surface area contributed by atoms with E-state index in [1.165, 1.54) is 80.7 Å². The number of para-hydroxylation sites is 4. The van der Waals surface area contributed by atoms with E-state index in [0.29, 0.717) is 97.7 Å². The molecule has 1 atom stereocenters. The van der Waals surface area contributed by atoms with E-state index in [0.717, 1.165) is 223 Å². The number of rotatable bonds is 16. The lowest BCUT2D eigenvalue weighted by Crippen LogP contribution is -2.23. The second-order valence-electron chi connectivity index (χ2n) is 33.9. The third kappa shape index (κ3) is 17.2. The van der Waals surface area contributed by atoms with Gasteiger partial charge in [0, 0.05) is 132 Å². The normalized spacial score (nSPS) is 14.1. The minimum Gasteiger partial charge on any atom is -0.508 e. The highest BCUT2D eigenvalue weighted by Crippen LogP contribution is 2.43. The maximum absolute atomic E-state index is 14.1. The SMILES string of the molecule is CC(=O)Nc1nc2ccc(-c3nn(Cc4cc5ccccc5nc4N4CCCC4)c4ncnc(N)c34)cc2s1.CC(c1cc2ccccc2nc1N1CCCC1)n1nc(-c2cc(O)cc(F)c2)c2c(N)ncnc21.Nc1ncnc2c1c(-c1cc(O)cc(F)c1)nn2Cc1cc2ccccc2nc1N1CCCC1.Nc1ncnc2c1c(I)nn2Cc1cc2ccccc2nc1N1CCCC1. The summed E-state index contributed by atoms with van der Waals surface area (Å²) in [7, 11) is 0. The van der Waals surface area contributed by atoms with Crippen molar-refractivity contribution in [3.05, 3.63) is 239 Å². The summed E-state index contributed by atoms with van der Waals surface area (Å²) in [6.07, 6.45) is 15.0. The minimum absolute atomic E-state index is 0.152. The van der Waals surface area contributed by atoms with Crippen LogP contribution in [0.25, 0.3) is 132 Å². The number of fused-ring (bicyclic) bond motifs is 9. The molecule has 20 aromatic rings. The number of nitrogens with zero attached hydrogens (tertiary/aromatic N) is 25. The molecule has 13 aromatic heterocycles. The minimum atomic E-state index is -0.568. The van der Waals surface area contributed by atoms with Gasteiger partial charge in [0.15, 0.2) is 27.7 Å². The van der Waals surface area contributed by atoms with E-state index in [2.05, 4.69) is 152 Å². The number of hydrogen-bond donors (Lipinski definition) is 7. The van der Waals surface area contributed by atoms with E-state index < -0.39 is 11.6 Å². The molecule has 33 nitrogen and oxygen atoms in total. The largest absolute Gasteiger partial charge is 0.508 e. The Morgan fingerprint density at radius 3 is 1.20 bits per heavy atom. The number of phenols is 2. The van der Waals surface area contributed by atoms with Crippen molar-refractivity contribution in [3.63, 3.8) is 0 Å². The van der Waals surface area contributed by atoms with Gasteiger partial charge in [-0.3, -0.25) is 4.79 Å². The van der Waals surface area contributed by atoms with Gasteiger partial charge in [-0.05, 0) is 166 Å². The molecule has 7 aromatic carbocycles. The zero-order chi connectivity index (χ0) is 92.2. The predicted molar refractivity (Wildman–Crippen MR) is 533 cm³/mol. The number of halogens is 3. The van der Waals surface area contributed by atoms with Crippen LogP contribution in [0.5, 0.6) is 11.5 Å². The molecule has 135 heavy (non-hydrogen) atoms. The number of benzene rings is 7. The van der Waals surface area contributed by atoms with Gasteiger partial charge in [-0.1, -0.05) is 90.2 Å². The summed E-state index contributed by atoms with van der Waals surface area (Å²) in [6, 6.07) is 54.6. The first-order chi connectivity index (χ1) is 65.8. The van der Waals surface area contributed by atoms with E-state index in [1.807, 2.05) is 101 Å². The Balaban J connectivity index is 0.000000109. The maximum Gasteiger partial charge on any atom is 0.223 e. The van der Waals surface area contributed by atoms with E-state index in [9.17, 15) is 23.8 Å². The standard InChI is InChI=1S/C28H25N9OS.C26H24FN7O.C25H22FN7O.C19H18IN7/c1-16(38)32-28-34-21-9-8-18(13-22(21)39-28)24-23-25(29)30-15-31-27(23)37(35-24)14-19-12-17-6-2-3-7-20(17)33-26(19)36-10-4-5-11-36;1-15(20-12-16-6-2-3-7-21(16)31-25(20)33-8-4-5-9-33)34-26-22(24(28)29-14-30-26)23(32-34)17-10-18(27)13-19(35)11-17;26-18-10-16(11-19(34)12-18)22-21-23(27)28-14-29-25(21)33(31-22)13-17-9-15-5-1-2-6-20(15)30-24(17)32-7-3-4-8-32;20-16-15-17(21)22-11-23-19(15)27(25-16)10-13-9-12-5-1-2-6-14(12)24-18(13)26-7-3-4-8-26/h2-3,6-9,12-13,15H,4-5,10-11,14H2,1H3,(H2,29,30,31)(H,32,34,38);2-3,6-7,10-15,35H,4-5,8-9H2,1H3,(H2,28,29,30);1-2,5-6,9-12,14,34H,3-4,7-8,13H2,(H2,27,28,29);1-2,5-6,9,11H,3-4,7-8,10H2,(H2,21,22,23). The van der Waals surface area contributed by atoms with Gasteiger partial charge in [-0.2, -0.15) is 20.4 Å². The molecule has 11 N–H and O–H groups in total. The summed E-state index contributed by atoms with van der Waals surface area (Å²) in [5.41, 5.74) is 39.5. The second-order valence-corrected chi connectivity index (χ2v) is 36.0. The molecule has 4 aliphatic rings. The number of thiazole rings is 1. The number of nitrogens with two attached hydrogens (primary N) is 4. The number of pyridine rings is 4. The lowest BCUT2D eigenvalue weighted by atomic mass is 10.1. The van der Waals surface area contributed by atoms with Gasteiger partial charge in [0.25, 0.3) is 0 Å². The fourth-order valence-electron chi connectivity index (χ4n) is 18.6. The average molecular weight is 1930 g/mol. The molecule has 0 spiro atoms. The molecule has 17 heterocycles. The first-order valence-corrected chi connectivity index (χ1v) is 46.5. The quantitative estimate of drug-likeness (QED) is 0.0442. The number of aromatic nitrogens is 21. The fraction of sp³-hybridized carbons (Fsp3) is 0.224. The summed E-state index contributed by atoms with van der Waals surface area (Å²) in [5.74, 6) is 3.57. The Hall–Kier alpha value is -15.7. The first-order valence-electron chi connectivity index (χ1n) is 44.6. The molecule has 0 radical (unpaired) electrons. The van der Waals surface area contributed by atoms with Crippen molar-refractivity contribution in [2.45, 2.75) is 90.9 Å². The van der Waals surface area contributed by atoms with Gasteiger partial charge in [0.05, 0.1) is 79.5 Å². The van der Waals surface area contributed by atoms with Crippen LogP contribution in [0.15, 0.2) is 201 Å². The number of hydrogen-bond acceptors (Lipinski definition) is 29. The van der Waals surface area contributed by atoms with Crippen LogP contribution in [0.1, 0.15) is 93.5 Å². The van der Waals surface area contributed by atoms with Crippen LogP contribution in [-0.2, 0) is 24.4 Å². The number of anilines is 9. The monoisotopic (exact) mass is 1930 g/mol. The molecule has 4 saturated heterocycles. The van der Waals surface area contributed by atoms with Crippen molar-refractivity contribution >= 4 is 189 Å². The number of nitrogen functional groups attached to an aromatic ring is 4. The second kappa shape index (κ2) is 36.5. The van der Waals surface area contributed by atoms with Crippen LogP contribution in [0, 0.1) is 15.3 Å². The average Bonchev–Trinajstić information content (AvgIpc) is 1.62. The van der Waals surface area contributed by atoms with Crippen LogP contribution in [0.4, 0.5) is 60.5 Å². The highest BCUT2D eigenvalue weighted by molar-refractivity contribution is 14.1. The summed E-state index contributed by atoms with van der Waals surface area (Å²) in [4.78, 5) is 80.0. The Morgan fingerprint density at radius 2 is 0.770 bits per heavy atom. The van der Waals surface area contributed by atoms with Crippen LogP contribution in [-0.4, -0.2) is 172 Å². The Kier molecular flexibility index (Phi) is 23.3. The van der Waals surface area contributed by atoms with Gasteiger partial charge in [-0.25, -0.2) is 92.3 Å². The van der Waals surface area contributed by atoms with Crippen LogP contribution < -0.4 is 47.9 Å². The highest BCUT2D eigenvalue weighted by atomic mass is 127. The van der Waals surface area contributed by atoms with Gasteiger partial charge in [-0.15, -0.1) is 0 Å². The lowest BCUT2D eigenvalue weighted by molar-refractivity contribution is -0.114. The van der Waals surface area contributed by atoms with Crippen LogP contribution >= 0.6 is 33.9 Å². The molecule has 676 valence electrons. The van der Waals surface area contributed by atoms with Crippen molar-refractivity contribution in [1.29, 1.82) is 0 Å². The summed E-state index contributed by atoms with van der Waals surface area (Å²) in [5, 5.41) is 49.4. The van der Waals surface area contributed by atoms with E-state index in [1.54, 1.807) is 9.36 Å². The maximum atomic E-state index is 14.1. The number of aromatic hydroxyl groups is 2. The van der Waals surface area contributed by atoms with Crippen molar-refractivity contribution < 1.29 is 23.8 Å². The molecule has 0 bridgehead atoms. The van der Waals surface area contributed by atoms with Crippen molar-refractivity contribution in [2.75, 3.05) is 100 Å². The molecule has 24 rings (SSSR count). The van der Waals surface area contributed by atoms with Crippen molar-refractivity contribution in [2.24, 2.45) is 0 Å². The third-order valence-corrected chi connectivity index (χ3v) is 26.6. The zero-order valence-electron chi connectivity index (χ0n) is 73.4. The molecule has 0 aliphatic carbocycles. The summed E-state index contributed by atoms with van der Waals surface area (Å²) in [6.45, 7) is 12.9. The highest BCUT2D eigenvalue weighted by Gasteiger charge is 2.31. The Bertz CT molecular complexity index is 7960. The fourth-order valence-corrected chi connectivity index (χ4v) is 20.3. The molecule has 37 heteroatoms. The summed E-state index contributed by atoms with van der Waals surface area (Å²) < 4.78 is 37.3. The molecular weight excluding hydrogens is 1840 g/mol.